The zero-order valence-electron chi connectivity index (χ0n) is 15.7. The van der Waals surface area contributed by atoms with E-state index in [0.29, 0.717) is 30.2 Å². The average Bonchev–Trinajstić information content (AvgIpc) is 2.71. The fraction of sp³-hybridized carbons (Fsp3) is 0.238. The smallest absolute Gasteiger partial charge is 0.271 e. The van der Waals surface area contributed by atoms with Crippen molar-refractivity contribution < 1.29 is 14.3 Å². The van der Waals surface area contributed by atoms with Gasteiger partial charge in [0.2, 0.25) is 0 Å². The summed E-state index contributed by atoms with van der Waals surface area (Å²) in [7, 11) is 1.58. The number of terminal acetylenes is 1. The summed E-state index contributed by atoms with van der Waals surface area (Å²) in [6.45, 7) is 0.649. The summed E-state index contributed by atoms with van der Waals surface area (Å²) in [6.07, 6.45) is 7.68. The standard InChI is InChI=1S/C21H21BrN2O3S/c1-4-13-27-18-10-5-15(14-19(18)26-2)11-12-23-21(25)20(24-28-3)16-6-8-17(22)9-7-16/h1,5-10,14H,11-13H2,2-3H3,(H,23,25)/b24-20-. The highest BCUT2D eigenvalue weighted by atomic mass is 79.9. The Bertz CT molecular complexity index is 876. The summed E-state index contributed by atoms with van der Waals surface area (Å²) in [5, 5.41) is 2.92. The van der Waals surface area contributed by atoms with Crippen molar-refractivity contribution >= 4 is 39.5 Å². The molecule has 1 N–H and O–H groups in total. The third kappa shape index (κ3) is 6.32. The lowest BCUT2D eigenvalue weighted by Gasteiger charge is -2.11. The molecule has 0 radical (unpaired) electrons. The summed E-state index contributed by atoms with van der Waals surface area (Å²) < 4.78 is 16.0. The molecule has 0 fully saturated rings. The van der Waals surface area contributed by atoms with E-state index in [1.54, 1.807) is 7.11 Å². The van der Waals surface area contributed by atoms with E-state index < -0.39 is 0 Å². The van der Waals surface area contributed by atoms with Gasteiger partial charge in [-0.1, -0.05) is 40.0 Å². The van der Waals surface area contributed by atoms with Crippen LogP contribution in [0.4, 0.5) is 0 Å². The Labute approximate surface area is 178 Å². The zero-order chi connectivity index (χ0) is 20.4. The van der Waals surface area contributed by atoms with Gasteiger partial charge in [-0.3, -0.25) is 4.79 Å². The molecule has 5 nitrogen and oxygen atoms in total. The number of methoxy groups -OCH3 is 1. The molecule has 0 heterocycles. The zero-order valence-corrected chi connectivity index (χ0v) is 18.1. The van der Waals surface area contributed by atoms with Gasteiger partial charge < -0.3 is 14.8 Å². The number of amides is 1. The first-order valence-corrected chi connectivity index (χ1v) is 10.4. The van der Waals surface area contributed by atoms with Crippen molar-refractivity contribution in [2.75, 3.05) is 26.5 Å². The highest BCUT2D eigenvalue weighted by molar-refractivity contribution is 9.10. The lowest BCUT2D eigenvalue weighted by atomic mass is 10.1. The van der Waals surface area contributed by atoms with Gasteiger partial charge in [0.25, 0.3) is 5.91 Å². The Morgan fingerprint density at radius 2 is 2.00 bits per heavy atom. The van der Waals surface area contributed by atoms with Gasteiger partial charge in [0, 0.05) is 22.8 Å². The maximum atomic E-state index is 12.6. The number of ether oxygens (including phenoxy) is 2. The van der Waals surface area contributed by atoms with Crippen LogP contribution in [-0.4, -0.2) is 38.1 Å². The van der Waals surface area contributed by atoms with Crippen molar-refractivity contribution in [1.82, 2.24) is 5.32 Å². The van der Waals surface area contributed by atoms with Crippen molar-refractivity contribution in [3.8, 4) is 23.8 Å². The highest BCUT2D eigenvalue weighted by Crippen LogP contribution is 2.28. The van der Waals surface area contributed by atoms with Crippen LogP contribution in [0.2, 0.25) is 0 Å². The van der Waals surface area contributed by atoms with E-state index in [0.717, 1.165) is 15.6 Å². The van der Waals surface area contributed by atoms with Gasteiger partial charge in [-0.15, -0.1) is 6.42 Å². The first-order chi connectivity index (χ1) is 13.6. The number of halogens is 1. The van der Waals surface area contributed by atoms with Crippen LogP contribution in [0.25, 0.3) is 0 Å². The van der Waals surface area contributed by atoms with Crippen LogP contribution in [0.15, 0.2) is 51.3 Å². The largest absolute Gasteiger partial charge is 0.493 e. The van der Waals surface area contributed by atoms with Gasteiger partial charge in [0.15, 0.2) is 11.5 Å². The van der Waals surface area contributed by atoms with Crippen molar-refractivity contribution in [1.29, 1.82) is 0 Å². The number of nitrogens with one attached hydrogen (secondary N) is 1. The van der Waals surface area contributed by atoms with Gasteiger partial charge in [-0.05, 0) is 48.2 Å². The predicted octanol–water partition coefficient (Wildman–Crippen LogP) is 3.90. The van der Waals surface area contributed by atoms with Crippen molar-refractivity contribution in [3.05, 3.63) is 58.1 Å². The second-order valence-electron chi connectivity index (χ2n) is 5.61. The van der Waals surface area contributed by atoms with E-state index in [2.05, 4.69) is 31.6 Å². The van der Waals surface area contributed by atoms with E-state index in [-0.39, 0.29) is 12.5 Å². The van der Waals surface area contributed by atoms with E-state index in [1.165, 1.54) is 11.9 Å². The molecule has 0 aliphatic rings. The molecule has 2 aromatic rings. The molecule has 28 heavy (non-hydrogen) atoms. The van der Waals surface area contributed by atoms with Gasteiger partial charge in [0.05, 0.1) is 7.11 Å². The number of hydrogen-bond acceptors (Lipinski definition) is 5. The molecule has 0 atom stereocenters. The van der Waals surface area contributed by atoms with E-state index in [1.807, 2.05) is 48.7 Å². The van der Waals surface area contributed by atoms with Crippen LogP contribution in [0, 0.1) is 12.3 Å². The Hall–Kier alpha value is -2.43. The molecular weight excluding hydrogens is 440 g/mol. The topological polar surface area (TPSA) is 59.9 Å². The Morgan fingerprint density at radius 3 is 2.64 bits per heavy atom. The fourth-order valence-electron chi connectivity index (χ4n) is 2.43. The van der Waals surface area contributed by atoms with Gasteiger partial charge in [-0.25, -0.2) is 4.40 Å². The Kier molecular flexibility index (Phi) is 8.92. The van der Waals surface area contributed by atoms with Crippen LogP contribution in [0.5, 0.6) is 11.5 Å². The highest BCUT2D eigenvalue weighted by Gasteiger charge is 2.14. The SMILES string of the molecule is C#CCOc1ccc(CCNC(=O)/C(=N\SC)c2ccc(Br)cc2)cc1OC. The number of benzene rings is 2. The number of carbonyl (C=O) groups excluding carboxylic acids is 1. The monoisotopic (exact) mass is 460 g/mol. The van der Waals surface area contributed by atoms with Gasteiger partial charge in [0.1, 0.15) is 12.3 Å². The molecule has 146 valence electrons. The van der Waals surface area contributed by atoms with Crippen molar-refractivity contribution in [2.24, 2.45) is 4.40 Å². The summed E-state index contributed by atoms with van der Waals surface area (Å²) in [5.74, 6) is 3.42. The molecule has 0 saturated carbocycles. The molecule has 0 spiro atoms. The molecule has 7 heteroatoms. The third-order valence-electron chi connectivity index (χ3n) is 3.75. The van der Waals surface area contributed by atoms with Crippen molar-refractivity contribution in [2.45, 2.75) is 6.42 Å². The number of rotatable bonds is 9. The summed E-state index contributed by atoms with van der Waals surface area (Å²) in [5.41, 5.74) is 2.18. The van der Waals surface area contributed by atoms with Gasteiger partial charge >= 0.3 is 0 Å². The maximum absolute atomic E-state index is 12.6. The van der Waals surface area contributed by atoms with Crippen molar-refractivity contribution in [3.63, 3.8) is 0 Å². The number of carbonyl (C=O) groups is 1. The van der Waals surface area contributed by atoms with Crippen LogP contribution < -0.4 is 14.8 Å². The Balaban J connectivity index is 1.99. The molecule has 2 rings (SSSR count). The van der Waals surface area contributed by atoms with Crippen LogP contribution in [0.3, 0.4) is 0 Å². The quantitative estimate of drug-likeness (QED) is 0.350. The summed E-state index contributed by atoms with van der Waals surface area (Å²) >= 11 is 4.65. The molecule has 2 aromatic carbocycles. The second-order valence-corrected chi connectivity index (χ2v) is 7.08. The van der Waals surface area contributed by atoms with E-state index in [4.69, 9.17) is 15.9 Å². The van der Waals surface area contributed by atoms with E-state index in [9.17, 15) is 4.79 Å². The lowest BCUT2D eigenvalue weighted by molar-refractivity contribution is -0.114. The molecule has 0 aromatic heterocycles. The normalized spacial score (nSPS) is 10.9. The minimum atomic E-state index is -0.211. The first-order valence-electron chi connectivity index (χ1n) is 8.47. The number of hydrogen-bond donors (Lipinski definition) is 1. The predicted molar refractivity (Wildman–Crippen MR) is 118 cm³/mol. The molecule has 1 amide bonds. The minimum absolute atomic E-state index is 0.180. The lowest BCUT2D eigenvalue weighted by Crippen LogP contribution is -2.33. The third-order valence-corrected chi connectivity index (χ3v) is 4.65. The molecule has 0 aliphatic carbocycles. The first kappa shape index (κ1) is 21.9. The van der Waals surface area contributed by atoms with Gasteiger partial charge in [-0.2, -0.15) is 0 Å². The average molecular weight is 461 g/mol. The van der Waals surface area contributed by atoms with Crippen LogP contribution in [0.1, 0.15) is 11.1 Å². The van der Waals surface area contributed by atoms with E-state index >= 15 is 0 Å². The molecule has 0 saturated heterocycles. The molecule has 0 bridgehead atoms. The second kappa shape index (κ2) is 11.4. The fourth-order valence-corrected chi connectivity index (χ4v) is 3.07. The molecule has 0 aliphatic heterocycles. The molecule has 0 unspecified atom stereocenters. The molecular formula is C21H21BrN2O3S. The number of nitrogens with zero attached hydrogens (tertiary/aromatic N) is 1. The Morgan fingerprint density at radius 1 is 1.25 bits per heavy atom. The maximum Gasteiger partial charge on any atom is 0.271 e. The minimum Gasteiger partial charge on any atom is -0.493 e. The summed E-state index contributed by atoms with van der Waals surface area (Å²) in [4.78, 5) is 12.6. The van der Waals surface area contributed by atoms with Crippen LogP contribution >= 0.6 is 27.9 Å². The summed E-state index contributed by atoms with van der Waals surface area (Å²) in [6, 6.07) is 13.1. The van der Waals surface area contributed by atoms with Crippen LogP contribution in [-0.2, 0) is 11.2 Å².